The first-order valence-corrected chi connectivity index (χ1v) is 8.14. The number of anilines is 1. The third kappa shape index (κ3) is 4.25. The van der Waals surface area contributed by atoms with Gasteiger partial charge in [-0.15, -0.1) is 0 Å². The maximum atomic E-state index is 13.7. The Bertz CT molecular complexity index is 758. The van der Waals surface area contributed by atoms with Gasteiger partial charge in [-0.3, -0.25) is 0 Å². The highest BCUT2D eigenvalue weighted by Gasteiger charge is 2.16. The lowest BCUT2D eigenvalue weighted by atomic mass is 10.2. The van der Waals surface area contributed by atoms with Crippen molar-refractivity contribution < 1.29 is 17.3 Å². The van der Waals surface area contributed by atoms with Crippen molar-refractivity contribution in [1.29, 1.82) is 0 Å². The van der Waals surface area contributed by atoms with Crippen molar-refractivity contribution in [2.45, 2.75) is 19.2 Å². The third-order valence-electron chi connectivity index (χ3n) is 2.85. The molecule has 0 fully saturated rings. The van der Waals surface area contributed by atoms with Crippen LogP contribution in [0.5, 0.6) is 0 Å². The Balaban J connectivity index is 2.01. The van der Waals surface area contributed by atoms with Crippen LogP contribution in [0, 0.1) is 12.7 Å². The van der Waals surface area contributed by atoms with E-state index in [1.165, 1.54) is 12.1 Å². The molecule has 1 N–H and O–H groups in total. The van der Waals surface area contributed by atoms with Crippen molar-refractivity contribution in [3.8, 4) is 0 Å². The van der Waals surface area contributed by atoms with Gasteiger partial charge in [-0.05, 0) is 23.7 Å². The molecular formula is C13H17FN4O3S. The van der Waals surface area contributed by atoms with Crippen LogP contribution in [0.15, 0.2) is 22.7 Å². The minimum absolute atomic E-state index is 0.109. The monoisotopic (exact) mass is 328 g/mol. The lowest BCUT2D eigenvalue weighted by molar-refractivity contribution is 0.375. The Morgan fingerprint density at radius 1 is 1.36 bits per heavy atom. The number of benzene rings is 1. The summed E-state index contributed by atoms with van der Waals surface area (Å²) in [7, 11) is -0.240. The highest BCUT2D eigenvalue weighted by molar-refractivity contribution is 7.88. The number of aryl methyl sites for hydroxylation is 1. The molecule has 0 aliphatic heterocycles. The van der Waals surface area contributed by atoms with Crippen molar-refractivity contribution in [3.63, 3.8) is 0 Å². The lowest BCUT2D eigenvalue weighted by Gasteiger charge is -2.06. The summed E-state index contributed by atoms with van der Waals surface area (Å²) in [5, 5.41) is 3.67. The van der Waals surface area contributed by atoms with Gasteiger partial charge in [0.1, 0.15) is 5.82 Å². The van der Waals surface area contributed by atoms with Crippen LogP contribution in [-0.4, -0.2) is 32.7 Å². The SMILES string of the molecule is Cc1ccc(CS(=O)(=O)NCc2nc(N(C)C)no2)c(F)c1. The molecule has 0 aliphatic carbocycles. The van der Waals surface area contributed by atoms with Crippen LogP contribution >= 0.6 is 0 Å². The second-order valence-electron chi connectivity index (χ2n) is 5.06. The van der Waals surface area contributed by atoms with Gasteiger partial charge in [0, 0.05) is 19.7 Å². The average Bonchev–Trinajstić information content (AvgIpc) is 2.89. The van der Waals surface area contributed by atoms with E-state index < -0.39 is 21.6 Å². The number of hydrogen-bond acceptors (Lipinski definition) is 6. The predicted octanol–water partition coefficient (Wildman–Crippen LogP) is 1.20. The fourth-order valence-corrected chi connectivity index (χ4v) is 2.79. The van der Waals surface area contributed by atoms with E-state index >= 15 is 0 Å². The Hall–Kier alpha value is -2.00. The topological polar surface area (TPSA) is 88.3 Å². The fourth-order valence-electron chi connectivity index (χ4n) is 1.70. The quantitative estimate of drug-likeness (QED) is 0.857. The molecule has 0 bridgehead atoms. The predicted molar refractivity (Wildman–Crippen MR) is 79.2 cm³/mol. The normalized spacial score (nSPS) is 11.6. The molecule has 120 valence electrons. The summed E-state index contributed by atoms with van der Waals surface area (Å²) >= 11 is 0. The largest absolute Gasteiger partial charge is 0.344 e. The Kier molecular flexibility index (Phi) is 4.77. The summed E-state index contributed by atoms with van der Waals surface area (Å²) in [6.45, 7) is 1.59. The summed E-state index contributed by atoms with van der Waals surface area (Å²) in [6, 6.07) is 4.42. The zero-order valence-electron chi connectivity index (χ0n) is 12.5. The zero-order valence-corrected chi connectivity index (χ0v) is 13.3. The van der Waals surface area contributed by atoms with Crippen molar-refractivity contribution >= 4 is 16.0 Å². The van der Waals surface area contributed by atoms with Crippen LogP contribution in [0.1, 0.15) is 17.0 Å². The van der Waals surface area contributed by atoms with Crippen molar-refractivity contribution in [3.05, 3.63) is 41.0 Å². The number of halogens is 1. The van der Waals surface area contributed by atoms with Gasteiger partial charge < -0.3 is 9.42 Å². The minimum Gasteiger partial charge on any atom is -0.344 e. The Morgan fingerprint density at radius 2 is 2.09 bits per heavy atom. The number of hydrogen-bond donors (Lipinski definition) is 1. The molecule has 9 heteroatoms. The maximum Gasteiger partial charge on any atom is 0.265 e. The number of nitrogens with zero attached hydrogens (tertiary/aromatic N) is 3. The molecular weight excluding hydrogens is 311 g/mol. The molecule has 0 atom stereocenters. The van der Waals surface area contributed by atoms with E-state index in [4.69, 9.17) is 4.52 Å². The molecule has 0 amide bonds. The highest BCUT2D eigenvalue weighted by Crippen LogP contribution is 2.13. The highest BCUT2D eigenvalue weighted by atomic mass is 32.2. The molecule has 0 radical (unpaired) electrons. The van der Waals surface area contributed by atoms with Gasteiger partial charge in [0.05, 0.1) is 12.3 Å². The van der Waals surface area contributed by atoms with E-state index in [1.54, 1.807) is 32.0 Å². The summed E-state index contributed by atoms with van der Waals surface area (Å²) in [5.41, 5.74) is 0.839. The minimum atomic E-state index is -3.71. The molecule has 7 nitrogen and oxygen atoms in total. The first-order valence-electron chi connectivity index (χ1n) is 6.49. The molecule has 0 aliphatic rings. The zero-order chi connectivity index (χ0) is 16.3. The average molecular weight is 328 g/mol. The third-order valence-corrected chi connectivity index (χ3v) is 4.13. The van der Waals surface area contributed by atoms with E-state index in [0.29, 0.717) is 5.95 Å². The van der Waals surface area contributed by atoms with Crippen LogP contribution < -0.4 is 9.62 Å². The molecule has 22 heavy (non-hydrogen) atoms. The molecule has 1 aromatic carbocycles. The molecule has 0 saturated carbocycles. The molecule has 1 aromatic heterocycles. The summed E-state index contributed by atoms with van der Waals surface area (Å²) in [4.78, 5) is 5.62. The van der Waals surface area contributed by atoms with Gasteiger partial charge in [0.2, 0.25) is 15.9 Å². The van der Waals surface area contributed by atoms with Crippen molar-refractivity contribution in [1.82, 2.24) is 14.9 Å². The van der Waals surface area contributed by atoms with Crippen LogP contribution in [-0.2, 0) is 22.3 Å². The molecule has 0 spiro atoms. The number of sulfonamides is 1. The molecule has 2 aromatic rings. The summed E-state index contributed by atoms with van der Waals surface area (Å²) < 4.78 is 44.9. The molecule has 1 heterocycles. The van der Waals surface area contributed by atoms with Crippen LogP contribution in [0.3, 0.4) is 0 Å². The van der Waals surface area contributed by atoms with Crippen LogP contribution in [0.2, 0.25) is 0 Å². The molecule has 2 rings (SSSR count). The van der Waals surface area contributed by atoms with Gasteiger partial charge in [-0.2, -0.15) is 4.98 Å². The van der Waals surface area contributed by atoms with Gasteiger partial charge in [0.15, 0.2) is 0 Å². The fraction of sp³-hybridized carbons (Fsp3) is 0.385. The first kappa shape index (κ1) is 16.4. The number of nitrogens with one attached hydrogen (secondary N) is 1. The van der Waals surface area contributed by atoms with Crippen LogP contribution in [0.4, 0.5) is 10.3 Å². The van der Waals surface area contributed by atoms with Gasteiger partial charge >= 0.3 is 0 Å². The molecule has 0 unspecified atom stereocenters. The first-order chi connectivity index (χ1) is 10.3. The second kappa shape index (κ2) is 6.41. The second-order valence-corrected chi connectivity index (χ2v) is 6.86. The van der Waals surface area contributed by atoms with Gasteiger partial charge in [-0.1, -0.05) is 12.1 Å². The molecule has 0 saturated heterocycles. The van der Waals surface area contributed by atoms with E-state index in [0.717, 1.165) is 5.56 Å². The van der Waals surface area contributed by atoms with E-state index in [-0.39, 0.29) is 18.0 Å². The number of rotatable bonds is 6. The van der Waals surface area contributed by atoms with Gasteiger partial charge in [0.25, 0.3) is 5.95 Å². The Morgan fingerprint density at radius 3 is 2.68 bits per heavy atom. The van der Waals surface area contributed by atoms with Crippen LogP contribution in [0.25, 0.3) is 0 Å². The Labute approximate surface area is 128 Å². The van der Waals surface area contributed by atoms with Crippen molar-refractivity contribution in [2.24, 2.45) is 0 Å². The standard InChI is InChI=1S/C13H17FN4O3S/c1-9-4-5-10(11(14)6-9)8-22(19,20)15-7-12-16-13(17-21-12)18(2)3/h4-6,15H,7-8H2,1-3H3. The summed E-state index contributed by atoms with van der Waals surface area (Å²) in [6.07, 6.45) is 0. The lowest BCUT2D eigenvalue weighted by Crippen LogP contribution is -2.25. The summed E-state index contributed by atoms with van der Waals surface area (Å²) in [5.74, 6) is -0.512. The maximum absolute atomic E-state index is 13.7. The van der Waals surface area contributed by atoms with Gasteiger partial charge in [-0.25, -0.2) is 17.5 Å². The van der Waals surface area contributed by atoms with E-state index in [1.807, 2.05) is 0 Å². The van der Waals surface area contributed by atoms with E-state index in [2.05, 4.69) is 14.9 Å². The smallest absolute Gasteiger partial charge is 0.265 e. The number of aromatic nitrogens is 2. The van der Waals surface area contributed by atoms with E-state index in [9.17, 15) is 12.8 Å². The van der Waals surface area contributed by atoms with Crippen molar-refractivity contribution in [2.75, 3.05) is 19.0 Å².